The molecule has 0 saturated carbocycles. The van der Waals surface area contributed by atoms with Gasteiger partial charge >= 0.3 is 0 Å². The first-order valence-corrected chi connectivity index (χ1v) is 12.6. The summed E-state index contributed by atoms with van der Waals surface area (Å²) in [5, 5.41) is 8.81. The number of thiophene rings is 1. The summed E-state index contributed by atoms with van der Waals surface area (Å²) in [4.78, 5) is 19.0. The van der Waals surface area contributed by atoms with Gasteiger partial charge in [-0.25, -0.2) is 4.98 Å². The summed E-state index contributed by atoms with van der Waals surface area (Å²) in [5.41, 5.74) is 11.2. The maximum Gasteiger partial charge on any atom is 0.241 e. The molecule has 0 saturated heterocycles. The van der Waals surface area contributed by atoms with Crippen molar-refractivity contribution in [2.45, 2.75) is 0 Å². The highest BCUT2D eigenvalue weighted by atomic mass is 32.1. The van der Waals surface area contributed by atoms with Crippen LogP contribution in [0.15, 0.2) is 102 Å². The number of aromatic nitrogens is 3. The molecule has 3 aromatic carbocycles. The molecule has 0 spiro atoms. The molecule has 0 atom stereocenters. The average molecular weight is 520 g/mol. The molecule has 0 radical (unpaired) electrons. The second kappa shape index (κ2) is 9.79. The van der Waals surface area contributed by atoms with E-state index in [9.17, 15) is 4.79 Å². The molecule has 38 heavy (non-hydrogen) atoms. The van der Waals surface area contributed by atoms with Crippen molar-refractivity contribution in [3.8, 4) is 33.8 Å². The highest BCUT2D eigenvalue weighted by molar-refractivity contribution is 7.21. The highest BCUT2D eigenvalue weighted by Gasteiger charge is 2.20. The van der Waals surface area contributed by atoms with Crippen LogP contribution in [-0.2, 0) is 0 Å². The predicted molar refractivity (Wildman–Crippen MR) is 147 cm³/mol. The highest BCUT2D eigenvalue weighted by Crippen LogP contribution is 2.42. The Hall–Kier alpha value is -5.02. The fourth-order valence-electron chi connectivity index (χ4n) is 4.17. The molecule has 186 valence electrons. The number of ether oxygens (including phenoxy) is 1. The summed E-state index contributed by atoms with van der Waals surface area (Å²) in [5.74, 6) is 0.312. The Morgan fingerprint density at radius 3 is 2.39 bits per heavy atom. The molecular formula is C29H21N5O3S. The number of methoxy groups -OCH3 is 1. The Balaban J connectivity index is 1.41. The van der Waals surface area contributed by atoms with Crippen LogP contribution in [0.4, 0.5) is 11.6 Å². The van der Waals surface area contributed by atoms with Gasteiger partial charge in [0, 0.05) is 23.1 Å². The molecule has 2 N–H and O–H groups in total. The number of hydrogen-bond donors (Lipinski definition) is 1. The number of carbonyl (C=O) groups is 1. The van der Waals surface area contributed by atoms with Crippen molar-refractivity contribution in [3.05, 3.63) is 107 Å². The number of nitrogen functional groups attached to an aromatic ring is 1. The lowest BCUT2D eigenvalue weighted by Crippen LogP contribution is -2.30. The van der Waals surface area contributed by atoms with E-state index < -0.39 is 5.91 Å². The molecule has 9 heteroatoms. The van der Waals surface area contributed by atoms with E-state index in [1.165, 1.54) is 16.0 Å². The first-order valence-electron chi connectivity index (χ1n) is 11.7. The van der Waals surface area contributed by atoms with Crippen LogP contribution in [0.5, 0.6) is 5.75 Å². The van der Waals surface area contributed by atoms with Gasteiger partial charge in [-0.2, -0.15) is 0 Å². The fraction of sp³-hybridized carbons (Fsp3) is 0.0345. The normalized spacial score (nSPS) is 11.0. The van der Waals surface area contributed by atoms with E-state index in [1.54, 1.807) is 13.3 Å². The van der Waals surface area contributed by atoms with Crippen molar-refractivity contribution in [2.75, 3.05) is 12.8 Å². The lowest BCUT2D eigenvalue weighted by molar-refractivity contribution is -0.670. The standard InChI is InChI=1S/C29H21N5O3S/c1-36-21-14-12-19(13-15-21)23-16-22(18-8-4-2-5-9-18)25-26(30)27(38-29(25)31-23)28(35)32-24-17-34(33-37-24)20-10-6-3-7-11-20/h2-17H,1H3,(H2-,30,32,33,35). The lowest BCUT2D eigenvalue weighted by Gasteiger charge is -2.12. The minimum absolute atomic E-state index is 0.0749. The summed E-state index contributed by atoms with van der Waals surface area (Å²) in [6, 6.07) is 29.0. The smallest absolute Gasteiger partial charge is 0.241 e. The summed E-state index contributed by atoms with van der Waals surface area (Å²) in [7, 11) is 1.63. The van der Waals surface area contributed by atoms with Gasteiger partial charge in [-0.1, -0.05) is 48.5 Å². The number of benzene rings is 3. The van der Waals surface area contributed by atoms with Crippen molar-refractivity contribution in [2.24, 2.45) is 0 Å². The van der Waals surface area contributed by atoms with Gasteiger partial charge in [0.2, 0.25) is 17.2 Å². The summed E-state index contributed by atoms with van der Waals surface area (Å²) in [6.07, 6.45) is 1.55. The quantitative estimate of drug-likeness (QED) is 0.258. The van der Waals surface area contributed by atoms with Gasteiger partial charge in [0.15, 0.2) is 0 Å². The molecule has 8 nitrogen and oxygen atoms in total. The van der Waals surface area contributed by atoms with Crippen LogP contribution >= 0.6 is 11.3 Å². The molecule has 0 bridgehead atoms. The summed E-state index contributed by atoms with van der Waals surface area (Å²) < 4.78 is 12.1. The third-order valence-corrected chi connectivity index (χ3v) is 7.14. The molecular weight excluding hydrogens is 498 g/mol. The fourth-order valence-corrected chi connectivity index (χ4v) is 5.18. The van der Waals surface area contributed by atoms with Crippen molar-refractivity contribution in [3.63, 3.8) is 0 Å². The van der Waals surface area contributed by atoms with Gasteiger partial charge in [-0.15, -0.1) is 11.3 Å². The van der Waals surface area contributed by atoms with Crippen LogP contribution in [0.2, 0.25) is 0 Å². The molecule has 3 aromatic heterocycles. The monoisotopic (exact) mass is 519 g/mol. The summed E-state index contributed by atoms with van der Waals surface area (Å²) in [6.45, 7) is 0. The van der Waals surface area contributed by atoms with E-state index in [1.807, 2.05) is 91.0 Å². The number of nitrogens with two attached hydrogens (primary N) is 1. The minimum Gasteiger partial charge on any atom is -0.583 e. The van der Waals surface area contributed by atoms with Crippen LogP contribution < -0.4 is 15.2 Å². The number of nitrogens with zero attached hydrogens (tertiary/aromatic N) is 4. The third-order valence-electron chi connectivity index (χ3n) is 6.05. The van der Waals surface area contributed by atoms with Gasteiger partial charge in [0.25, 0.3) is 0 Å². The molecule has 3 heterocycles. The molecule has 0 aliphatic carbocycles. The molecule has 0 aliphatic rings. The van der Waals surface area contributed by atoms with E-state index in [0.29, 0.717) is 20.8 Å². The zero-order valence-electron chi connectivity index (χ0n) is 20.2. The Morgan fingerprint density at radius 2 is 1.68 bits per heavy atom. The molecule has 1 amide bonds. The second-order valence-corrected chi connectivity index (χ2v) is 9.41. The molecule has 0 fully saturated rings. The first-order chi connectivity index (χ1) is 18.6. The average Bonchev–Trinajstić information content (AvgIpc) is 3.58. The van der Waals surface area contributed by atoms with Crippen molar-refractivity contribution >= 4 is 39.0 Å². The number of amides is 1. The maximum atomic E-state index is 13.2. The van der Waals surface area contributed by atoms with Crippen LogP contribution in [-0.4, -0.2) is 23.3 Å². The van der Waals surface area contributed by atoms with Gasteiger partial charge in [-0.05, 0) is 46.1 Å². The molecule has 0 unspecified atom stereocenters. The van der Waals surface area contributed by atoms with Gasteiger partial charge < -0.3 is 25.1 Å². The van der Waals surface area contributed by atoms with Crippen molar-refractivity contribution < 1.29 is 18.7 Å². The van der Waals surface area contributed by atoms with E-state index in [-0.39, 0.29) is 5.88 Å². The van der Waals surface area contributed by atoms with Crippen LogP contribution in [0.25, 0.3) is 43.6 Å². The zero-order chi connectivity index (χ0) is 26.1. The third kappa shape index (κ3) is 4.35. The molecule has 0 aliphatic heterocycles. The molecule has 6 aromatic rings. The number of pyridine rings is 1. The SMILES string of the molecule is COc1ccc(-c2cc(-c3ccccc3)c3c(N)c(C(=O)[N-]c4c[n+](-c5ccccc5)no4)sc3n2)cc1. The maximum absolute atomic E-state index is 13.2. The number of rotatable bonds is 6. The number of carbonyl (C=O) groups excluding carboxylic acids is 1. The Bertz CT molecular complexity index is 1750. The second-order valence-electron chi connectivity index (χ2n) is 8.41. The lowest BCUT2D eigenvalue weighted by atomic mass is 9.99. The summed E-state index contributed by atoms with van der Waals surface area (Å²) >= 11 is 1.21. The molecule has 6 rings (SSSR count). The van der Waals surface area contributed by atoms with Gasteiger partial charge in [0.1, 0.15) is 22.4 Å². The van der Waals surface area contributed by atoms with E-state index in [0.717, 1.165) is 33.8 Å². The Labute approximate surface area is 221 Å². The predicted octanol–water partition coefficient (Wildman–Crippen LogP) is 6.33. The first kappa shape index (κ1) is 23.4. The van der Waals surface area contributed by atoms with E-state index >= 15 is 0 Å². The van der Waals surface area contributed by atoms with Crippen LogP contribution in [0.3, 0.4) is 0 Å². The number of fused-ring (bicyclic) bond motifs is 1. The Kier molecular flexibility index (Phi) is 6.03. The Morgan fingerprint density at radius 1 is 0.974 bits per heavy atom. The number of para-hydroxylation sites is 1. The van der Waals surface area contributed by atoms with Crippen LogP contribution in [0, 0.1) is 0 Å². The van der Waals surface area contributed by atoms with E-state index in [2.05, 4.69) is 10.6 Å². The minimum atomic E-state index is -0.521. The van der Waals surface area contributed by atoms with Gasteiger partial charge in [-0.3, -0.25) is 0 Å². The zero-order valence-corrected chi connectivity index (χ0v) is 21.1. The van der Waals surface area contributed by atoms with E-state index in [4.69, 9.17) is 20.0 Å². The van der Waals surface area contributed by atoms with Crippen molar-refractivity contribution in [1.29, 1.82) is 0 Å². The van der Waals surface area contributed by atoms with Crippen LogP contribution in [0.1, 0.15) is 9.67 Å². The van der Waals surface area contributed by atoms with Crippen molar-refractivity contribution in [1.82, 2.24) is 10.3 Å². The number of hydrogen-bond acceptors (Lipinski definition) is 7. The number of anilines is 1. The largest absolute Gasteiger partial charge is 0.583 e. The van der Waals surface area contributed by atoms with Gasteiger partial charge in [0.05, 0.1) is 23.4 Å². The topological polar surface area (TPSA) is 109 Å².